The zero-order chi connectivity index (χ0) is 23.2. The Morgan fingerprint density at radius 3 is 2.33 bits per heavy atom. The van der Waals surface area contributed by atoms with Crippen molar-refractivity contribution < 1.29 is 19.0 Å². The second-order valence-corrected chi connectivity index (χ2v) is 9.04. The highest BCUT2D eigenvalue weighted by Gasteiger charge is 2.42. The highest BCUT2D eigenvalue weighted by molar-refractivity contribution is 5.46. The summed E-state index contributed by atoms with van der Waals surface area (Å²) in [5, 5.41) is 0. The molecule has 1 aliphatic carbocycles. The molecule has 3 rings (SSSR count). The molecule has 5 nitrogen and oxygen atoms in total. The number of isocyanates is 1. The van der Waals surface area contributed by atoms with Gasteiger partial charge in [-0.25, -0.2) is 4.79 Å². The second-order valence-electron chi connectivity index (χ2n) is 9.04. The number of epoxide rings is 1. The lowest BCUT2D eigenvalue weighted by molar-refractivity contribution is 0.0310. The second kappa shape index (κ2) is 14.1. The van der Waals surface area contributed by atoms with E-state index < -0.39 is 11.6 Å². The summed E-state index contributed by atoms with van der Waals surface area (Å²) in [5.74, 6) is 0.764. The molecule has 1 heterocycles. The van der Waals surface area contributed by atoms with Gasteiger partial charge in [-0.3, -0.25) is 0 Å². The lowest BCUT2D eigenvalue weighted by atomic mass is 9.81. The van der Waals surface area contributed by atoms with E-state index in [9.17, 15) is 4.79 Å². The fourth-order valence-corrected chi connectivity index (χ4v) is 4.27. The molecule has 3 atom stereocenters. The SMILES string of the molecule is CCCCCCCCCCCCOC1=CC(OCC2CO2)C(N=C=O)(c2ccccc2)C=C1. The van der Waals surface area contributed by atoms with Gasteiger partial charge >= 0.3 is 0 Å². The molecule has 0 bridgehead atoms. The molecule has 1 aliphatic heterocycles. The minimum absolute atomic E-state index is 0.119. The zero-order valence-corrected chi connectivity index (χ0v) is 20.0. The molecule has 0 aromatic heterocycles. The minimum atomic E-state index is -0.943. The van der Waals surface area contributed by atoms with Crippen LogP contribution in [0, 0.1) is 0 Å². The summed E-state index contributed by atoms with van der Waals surface area (Å²) in [4.78, 5) is 15.6. The molecule has 0 amide bonds. The fourth-order valence-electron chi connectivity index (χ4n) is 4.27. The molecule has 0 N–H and O–H groups in total. The Morgan fingerprint density at radius 1 is 1.03 bits per heavy atom. The third kappa shape index (κ3) is 8.26. The summed E-state index contributed by atoms with van der Waals surface area (Å²) in [5.41, 5.74) is -0.0571. The molecular formula is C28H39NO4. The van der Waals surface area contributed by atoms with E-state index in [1.54, 1.807) is 6.08 Å². The van der Waals surface area contributed by atoms with E-state index in [4.69, 9.17) is 14.2 Å². The Kier molecular flexibility index (Phi) is 10.9. The predicted octanol–water partition coefficient (Wildman–Crippen LogP) is 6.39. The van der Waals surface area contributed by atoms with Crippen LogP contribution in [0.5, 0.6) is 0 Å². The first-order valence-electron chi connectivity index (χ1n) is 12.7. The quantitative estimate of drug-likeness (QED) is 0.119. The minimum Gasteiger partial charge on any atom is -0.494 e. The van der Waals surface area contributed by atoms with Gasteiger partial charge in [0.25, 0.3) is 0 Å². The number of unbranched alkanes of at least 4 members (excludes halogenated alkanes) is 9. The molecule has 1 aromatic rings. The van der Waals surface area contributed by atoms with E-state index in [0.29, 0.717) is 19.8 Å². The summed E-state index contributed by atoms with van der Waals surface area (Å²) < 4.78 is 17.5. The number of carbonyl (C=O) groups excluding carboxylic acids is 1. The smallest absolute Gasteiger partial charge is 0.236 e. The van der Waals surface area contributed by atoms with Gasteiger partial charge in [0.1, 0.15) is 23.5 Å². The van der Waals surface area contributed by atoms with Crippen molar-refractivity contribution >= 4 is 6.08 Å². The van der Waals surface area contributed by atoms with E-state index in [0.717, 1.165) is 17.7 Å². The summed E-state index contributed by atoms with van der Waals surface area (Å²) in [6.07, 6.45) is 20.1. The molecule has 33 heavy (non-hydrogen) atoms. The molecule has 0 spiro atoms. The first kappa shape index (κ1) is 25.4. The van der Waals surface area contributed by atoms with E-state index in [2.05, 4.69) is 11.9 Å². The summed E-state index contributed by atoms with van der Waals surface area (Å²) >= 11 is 0. The number of hydrogen-bond acceptors (Lipinski definition) is 5. The van der Waals surface area contributed by atoms with Crippen LogP contribution in [0.4, 0.5) is 0 Å². The van der Waals surface area contributed by atoms with Gasteiger partial charge in [-0.15, -0.1) is 0 Å². The van der Waals surface area contributed by atoms with Crippen LogP contribution in [-0.2, 0) is 24.5 Å². The number of benzene rings is 1. The normalized spacial score (nSPS) is 23.6. The first-order valence-corrected chi connectivity index (χ1v) is 12.7. The van der Waals surface area contributed by atoms with Crippen molar-refractivity contribution in [1.29, 1.82) is 0 Å². The standard InChI is InChI=1S/C28H39NO4/c1-2-3-4-5-6-7-8-9-10-14-19-31-25-17-18-28(29-23-30,24-15-12-11-13-16-24)27(20-25)33-22-26-21-32-26/h11-13,15-18,20,26-27H,2-10,14,19,21-22H2,1H3. The topological polar surface area (TPSA) is 60.4 Å². The van der Waals surface area contributed by atoms with Crippen molar-refractivity contribution in [3.05, 3.63) is 59.9 Å². The van der Waals surface area contributed by atoms with Crippen molar-refractivity contribution in [3.63, 3.8) is 0 Å². The molecule has 180 valence electrons. The largest absolute Gasteiger partial charge is 0.494 e. The van der Waals surface area contributed by atoms with E-state index in [1.807, 2.05) is 48.6 Å². The lowest BCUT2D eigenvalue weighted by Crippen LogP contribution is -2.39. The number of allylic oxidation sites excluding steroid dienone is 1. The molecule has 5 heteroatoms. The molecule has 1 aromatic carbocycles. The van der Waals surface area contributed by atoms with Crippen molar-refractivity contribution in [2.75, 3.05) is 19.8 Å². The number of hydrogen-bond donors (Lipinski definition) is 0. The number of aliphatic imine (C=N–C) groups is 1. The molecule has 0 saturated carbocycles. The van der Waals surface area contributed by atoms with Crippen LogP contribution in [0.3, 0.4) is 0 Å². The van der Waals surface area contributed by atoms with Gasteiger partial charge < -0.3 is 14.2 Å². The van der Waals surface area contributed by atoms with Crippen molar-refractivity contribution in [1.82, 2.24) is 0 Å². The Morgan fingerprint density at radius 2 is 1.70 bits per heavy atom. The molecule has 3 unspecified atom stereocenters. The van der Waals surface area contributed by atoms with Gasteiger partial charge in [0.2, 0.25) is 6.08 Å². The molecule has 1 saturated heterocycles. The monoisotopic (exact) mass is 453 g/mol. The van der Waals surface area contributed by atoms with Crippen molar-refractivity contribution in [2.45, 2.75) is 88.9 Å². The van der Waals surface area contributed by atoms with Crippen molar-refractivity contribution in [3.8, 4) is 0 Å². The average Bonchev–Trinajstić information content (AvgIpc) is 3.67. The molecular weight excluding hydrogens is 414 g/mol. The van der Waals surface area contributed by atoms with Crippen LogP contribution in [-0.4, -0.2) is 38.1 Å². The third-order valence-corrected chi connectivity index (χ3v) is 6.35. The third-order valence-electron chi connectivity index (χ3n) is 6.35. The number of ether oxygens (including phenoxy) is 3. The zero-order valence-electron chi connectivity index (χ0n) is 20.0. The maximum Gasteiger partial charge on any atom is 0.236 e. The van der Waals surface area contributed by atoms with Crippen molar-refractivity contribution in [2.24, 2.45) is 4.99 Å². The van der Waals surface area contributed by atoms with Crippen LogP contribution >= 0.6 is 0 Å². The van der Waals surface area contributed by atoms with Gasteiger partial charge in [-0.05, 0) is 30.2 Å². The summed E-state index contributed by atoms with van der Waals surface area (Å²) in [6, 6.07) is 9.73. The fraction of sp³-hybridized carbons (Fsp3) is 0.607. The molecule has 0 radical (unpaired) electrons. The van der Waals surface area contributed by atoms with E-state index in [1.165, 1.54) is 57.8 Å². The van der Waals surface area contributed by atoms with Gasteiger partial charge in [0.15, 0.2) is 0 Å². The Hall–Kier alpha value is -2.20. The van der Waals surface area contributed by atoms with Crippen LogP contribution in [0.2, 0.25) is 0 Å². The molecule has 2 aliphatic rings. The number of nitrogens with zero attached hydrogens (tertiary/aromatic N) is 1. The Balaban J connectivity index is 1.48. The van der Waals surface area contributed by atoms with Crippen LogP contribution in [0.25, 0.3) is 0 Å². The average molecular weight is 454 g/mol. The maximum absolute atomic E-state index is 11.4. The number of rotatable bonds is 17. The van der Waals surface area contributed by atoms with Crippen LogP contribution in [0.1, 0.15) is 76.7 Å². The Bertz CT molecular complexity index is 795. The highest BCUT2D eigenvalue weighted by atomic mass is 16.6. The first-order chi connectivity index (χ1) is 16.3. The van der Waals surface area contributed by atoms with Crippen LogP contribution in [0.15, 0.2) is 59.3 Å². The summed E-state index contributed by atoms with van der Waals surface area (Å²) in [6.45, 7) is 4.12. The summed E-state index contributed by atoms with van der Waals surface area (Å²) in [7, 11) is 0. The van der Waals surface area contributed by atoms with Gasteiger partial charge in [0.05, 0.1) is 19.8 Å². The van der Waals surface area contributed by atoms with E-state index in [-0.39, 0.29) is 6.10 Å². The van der Waals surface area contributed by atoms with Gasteiger partial charge in [-0.2, -0.15) is 4.99 Å². The lowest BCUT2D eigenvalue weighted by Gasteiger charge is -2.35. The van der Waals surface area contributed by atoms with Gasteiger partial charge in [-0.1, -0.05) is 95.0 Å². The van der Waals surface area contributed by atoms with Crippen LogP contribution < -0.4 is 0 Å². The molecule has 1 fully saturated rings. The van der Waals surface area contributed by atoms with E-state index >= 15 is 0 Å². The predicted molar refractivity (Wildman–Crippen MR) is 131 cm³/mol. The van der Waals surface area contributed by atoms with Gasteiger partial charge in [0, 0.05) is 0 Å². The Labute approximate surface area is 198 Å². The maximum atomic E-state index is 11.4. The highest BCUT2D eigenvalue weighted by Crippen LogP contribution is 2.38.